The first-order valence-corrected chi connectivity index (χ1v) is 11.3. The molecule has 3 aromatic carbocycles. The van der Waals surface area contributed by atoms with E-state index in [1.54, 1.807) is 6.92 Å². The van der Waals surface area contributed by atoms with Crippen molar-refractivity contribution < 1.29 is 4.79 Å². The van der Waals surface area contributed by atoms with Crippen LogP contribution in [0.1, 0.15) is 22.6 Å². The maximum Gasteiger partial charge on any atom is 0.280 e. The molecule has 2 N–H and O–H groups in total. The van der Waals surface area contributed by atoms with Crippen LogP contribution in [0.4, 0.5) is 0 Å². The molecule has 0 bridgehead atoms. The van der Waals surface area contributed by atoms with Gasteiger partial charge in [-0.2, -0.15) is 5.10 Å². The molecule has 0 saturated heterocycles. The Morgan fingerprint density at radius 1 is 1.00 bits per heavy atom. The first-order valence-electron chi connectivity index (χ1n) is 11.3. The summed E-state index contributed by atoms with van der Waals surface area (Å²) in [4.78, 5) is 30.3. The zero-order chi connectivity index (χ0) is 24.2. The molecule has 2 aromatic heterocycles. The molecule has 35 heavy (non-hydrogen) atoms. The molecule has 0 unspecified atom stereocenters. The normalized spacial score (nSPS) is 11.3. The van der Waals surface area contributed by atoms with Crippen LogP contribution in [0.2, 0.25) is 0 Å². The fourth-order valence-electron chi connectivity index (χ4n) is 4.03. The van der Waals surface area contributed by atoms with Gasteiger partial charge in [0.05, 0.1) is 28.5 Å². The molecule has 1 amide bonds. The van der Waals surface area contributed by atoms with Crippen LogP contribution in [0.25, 0.3) is 16.7 Å². The van der Waals surface area contributed by atoms with Crippen molar-refractivity contribution in [1.29, 1.82) is 0 Å². The molecule has 8 nitrogen and oxygen atoms in total. The van der Waals surface area contributed by atoms with Gasteiger partial charge in [0.15, 0.2) is 0 Å². The number of para-hydroxylation sites is 3. The van der Waals surface area contributed by atoms with Gasteiger partial charge in [-0.05, 0) is 36.8 Å². The van der Waals surface area contributed by atoms with Crippen LogP contribution in [0.5, 0.6) is 0 Å². The Balaban J connectivity index is 1.34. The van der Waals surface area contributed by atoms with E-state index in [4.69, 9.17) is 4.98 Å². The number of nitrogens with one attached hydrogen (secondary N) is 2. The van der Waals surface area contributed by atoms with Gasteiger partial charge >= 0.3 is 0 Å². The van der Waals surface area contributed by atoms with Crippen molar-refractivity contribution in [3.8, 4) is 5.69 Å². The molecule has 2 heterocycles. The van der Waals surface area contributed by atoms with Crippen LogP contribution in [-0.2, 0) is 17.8 Å². The lowest BCUT2D eigenvalue weighted by Crippen LogP contribution is -2.25. The number of rotatable bonds is 7. The van der Waals surface area contributed by atoms with Gasteiger partial charge in [-0.15, -0.1) is 0 Å². The van der Waals surface area contributed by atoms with Crippen molar-refractivity contribution in [2.45, 2.75) is 19.9 Å². The lowest BCUT2D eigenvalue weighted by Gasteiger charge is -2.08. The number of hydrazone groups is 1. The number of carbonyl (C=O) groups is 1. The largest absolute Gasteiger partial charge is 0.318 e. The van der Waals surface area contributed by atoms with E-state index in [1.165, 1.54) is 10.9 Å². The second kappa shape index (κ2) is 9.64. The van der Waals surface area contributed by atoms with Crippen LogP contribution in [0.3, 0.4) is 0 Å². The summed E-state index contributed by atoms with van der Waals surface area (Å²) in [6, 6.07) is 27.0. The smallest absolute Gasteiger partial charge is 0.280 e. The van der Waals surface area contributed by atoms with E-state index in [1.807, 2.05) is 89.5 Å². The second-order valence-corrected chi connectivity index (χ2v) is 8.19. The molecule has 174 valence electrons. The highest BCUT2D eigenvalue weighted by Crippen LogP contribution is 2.18. The monoisotopic (exact) mass is 464 g/mol. The Hall–Kier alpha value is -4.72. The third-order valence-electron chi connectivity index (χ3n) is 5.75. The van der Waals surface area contributed by atoms with E-state index in [2.05, 4.69) is 15.6 Å². The minimum Gasteiger partial charge on any atom is -0.318 e. The summed E-state index contributed by atoms with van der Waals surface area (Å²) in [5, 5.41) is 7.10. The Morgan fingerprint density at radius 3 is 2.46 bits per heavy atom. The van der Waals surface area contributed by atoms with Crippen LogP contribution in [-0.4, -0.2) is 31.5 Å². The maximum atomic E-state index is 12.8. The molecule has 0 aliphatic heterocycles. The Kier molecular flexibility index (Phi) is 6.09. The van der Waals surface area contributed by atoms with Gasteiger partial charge in [-0.25, -0.2) is 15.1 Å². The molecule has 5 aromatic rings. The van der Waals surface area contributed by atoms with E-state index < -0.39 is 0 Å². The van der Waals surface area contributed by atoms with Crippen molar-refractivity contribution in [2.24, 2.45) is 5.10 Å². The van der Waals surface area contributed by atoms with Gasteiger partial charge in [0.1, 0.15) is 12.4 Å². The van der Waals surface area contributed by atoms with Crippen LogP contribution >= 0.6 is 0 Å². The highest BCUT2D eigenvalue weighted by molar-refractivity contribution is 5.84. The van der Waals surface area contributed by atoms with Crippen molar-refractivity contribution in [3.63, 3.8) is 0 Å². The first kappa shape index (κ1) is 22.1. The Bertz CT molecular complexity index is 1560. The molecule has 0 radical (unpaired) electrons. The highest BCUT2D eigenvalue weighted by atomic mass is 16.2. The van der Waals surface area contributed by atoms with Crippen LogP contribution in [0, 0.1) is 6.92 Å². The number of fused-ring (bicyclic) bond motifs is 1. The third kappa shape index (κ3) is 4.67. The molecular formula is C27H24N6O2. The average molecular weight is 465 g/mol. The van der Waals surface area contributed by atoms with Gasteiger partial charge in [-0.3, -0.25) is 14.7 Å². The number of hydrogen-bond donors (Lipinski definition) is 2. The number of aryl methyl sites for hydroxylation is 1. The van der Waals surface area contributed by atoms with Crippen LogP contribution < -0.4 is 11.0 Å². The predicted molar refractivity (Wildman–Crippen MR) is 136 cm³/mol. The standard InChI is InChI=1S/C27H24N6O2/c1-19-22(27(35)33(31-19)21-12-6-3-7-13-21)17-28-30-26(34)18-32-24-15-9-8-14-23(24)29-25(32)16-20-10-4-2-5-11-20/h2-15,17,31H,16,18H2,1H3,(H,30,34)/b28-17+. The topological polar surface area (TPSA) is 97.1 Å². The number of imidazole rings is 1. The summed E-state index contributed by atoms with van der Waals surface area (Å²) >= 11 is 0. The van der Waals surface area contributed by atoms with Crippen molar-refractivity contribution in [1.82, 2.24) is 24.8 Å². The zero-order valence-electron chi connectivity index (χ0n) is 19.2. The molecular weight excluding hydrogens is 440 g/mol. The number of aromatic amines is 1. The predicted octanol–water partition coefficient (Wildman–Crippen LogP) is 3.56. The number of benzene rings is 3. The molecule has 0 atom stereocenters. The highest BCUT2D eigenvalue weighted by Gasteiger charge is 2.14. The zero-order valence-corrected chi connectivity index (χ0v) is 19.2. The van der Waals surface area contributed by atoms with Crippen molar-refractivity contribution in [2.75, 3.05) is 0 Å². The van der Waals surface area contributed by atoms with Gasteiger partial charge < -0.3 is 4.57 Å². The molecule has 5 rings (SSSR count). The molecule has 0 fully saturated rings. The molecule has 0 aliphatic rings. The van der Waals surface area contributed by atoms with Gasteiger partial charge in [0.25, 0.3) is 11.5 Å². The van der Waals surface area contributed by atoms with Gasteiger partial charge in [-0.1, -0.05) is 60.7 Å². The molecule has 0 saturated carbocycles. The van der Waals surface area contributed by atoms with Crippen molar-refractivity contribution in [3.05, 3.63) is 118 Å². The molecule has 0 spiro atoms. The number of hydrogen-bond acceptors (Lipinski definition) is 4. The fourth-order valence-corrected chi connectivity index (χ4v) is 4.03. The first-order chi connectivity index (χ1) is 17.1. The lowest BCUT2D eigenvalue weighted by atomic mass is 10.1. The van der Waals surface area contributed by atoms with Gasteiger partial charge in [0.2, 0.25) is 0 Å². The molecule has 8 heteroatoms. The summed E-state index contributed by atoms with van der Waals surface area (Å²) < 4.78 is 3.35. The number of amides is 1. The summed E-state index contributed by atoms with van der Waals surface area (Å²) in [7, 11) is 0. The van der Waals surface area contributed by atoms with E-state index in [0.717, 1.165) is 28.1 Å². The summed E-state index contributed by atoms with van der Waals surface area (Å²) in [6.45, 7) is 1.85. The second-order valence-electron chi connectivity index (χ2n) is 8.19. The fraction of sp³-hybridized carbons (Fsp3) is 0.111. The van der Waals surface area contributed by atoms with E-state index in [-0.39, 0.29) is 18.0 Å². The molecule has 0 aliphatic carbocycles. The minimum absolute atomic E-state index is 0.0559. The number of carbonyl (C=O) groups excluding carboxylic acids is 1. The van der Waals surface area contributed by atoms with Gasteiger partial charge in [0, 0.05) is 12.1 Å². The number of nitrogens with zero attached hydrogens (tertiary/aromatic N) is 4. The van der Waals surface area contributed by atoms with E-state index in [9.17, 15) is 9.59 Å². The lowest BCUT2D eigenvalue weighted by molar-refractivity contribution is -0.121. The third-order valence-corrected chi connectivity index (χ3v) is 5.75. The Morgan fingerprint density at radius 2 is 1.69 bits per heavy atom. The SMILES string of the molecule is Cc1[nH]n(-c2ccccc2)c(=O)c1/C=N/NC(=O)Cn1c(Cc2ccccc2)nc2ccccc21. The van der Waals surface area contributed by atoms with Crippen molar-refractivity contribution >= 4 is 23.2 Å². The van der Waals surface area contributed by atoms with E-state index >= 15 is 0 Å². The summed E-state index contributed by atoms with van der Waals surface area (Å²) in [5.41, 5.74) is 6.89. The minimum atomic E-state index is -0.310. The maximum absolute atomic E-state index is 12.8. The van der Waals surface area contributed by atoms with E-state index in [0.29, 0.717) is 17.7 Å². The number of H-pyrrole nitrogens is 1. The Labute approximate surface area is 201 Å². The van der Waals surface area contributed by atoms with Crippen LogP contribution in [0.15, 0.2) is 94.8 Å². The summed E-state index contributed by atoms with van der Waals surface area (Å²) in [6.07, 6.45) is 1.98. The number of aromatic nitrogens is 4. The summed E-state index contributed by atoms with van der Waals surface area (Å²) in [5.74, 6) is 0.485. The quantitative estimate of drug-likeness (QED) is 0.285. The average Bonchev–Trinajstić information content (AvgIpc) is 3.36.